The van der Waals surface area contributed by atoms with Crippen molar-refractivity contribution >= 4 is 40.2 Å². The lowest BCUT2D eigenvalue weighted by Gasteiger charge is -2.42. The number of ether oxygens (including phenoxy) is 1. The van der Waals surface area contributed by atoms with Gasteiger partial charge in [-0.3, -0.25) is 4.79 Å². The summed E-state index contributed by atoms with van der Waals surface area (Å²) in [5.41, 5.74) is 3.00. The van der Waals surface area contributed by atoms with Crippen LogP contribution >= 0.6 is 11.6 Å². The molecule has 2 aliphatic heterocycles. The van der Waals surface area contributed by atoms with E-state index in [2.05, 4.69) is 42.4 Å². The Morgan fingerprint density at radius 1 is 1.12 bits per heavy atom. The topological polar surface area (TPSA) is 83.8 Å². The van der Waals surface area contributed by atoms with E-state index in [-0.39, 0.29) is 23.2 Å². The van der Waals surface area contributed by atoms with Gasteiger partial charge >= 0.3 is 5.69 Å². The van der Waals surface area contributed by atoms with Gasteiger partial charge in [-0.25, -0.2) is 14.3 Å². The summed E-state index contributed by atoms with van der Waals surface area (Å²) in [5, 5.41) is 1.25. The molecular weight excluding hydrogens is 564 g/mol. The highest BCUT2D eigenvalue weighted by atomic mass is 35.5. The molecule has 3 fully saturated rings. The molecule has 3 aromatic rings. The molecule has 0 N–H and O–H groups in total. The fraction of sp³-hybridized carbons (Fsp3) is 0.515. The van der Waals surface area contributed by atoms with Crippen molar-refractivity contribution in [3.63, 3.8) is 0 Å². The minimum atomic E-state index is -0.370. The SMILES string of the molecule is C=CC(=O)N1CCN(c2nc(=O)n(-c3c(CC)cccc3CC)c3nc(N4CCOC5(CCCC5)C4)c(Cl)cc23)[C@@H](C)C1. The number of benzene rings is 1. The number of hydrogen-bond acceptors (Lipinski definition) is 7. The number of carbonyl (C=O) groups is 1. The molecule has 1 saturated carbocycles. The molecule has 228 valence electrons. The van der Waals surface area contributed by atoms with E-state index < -0.39 is 0 Å². The fourth-order valence-corrected chi connectivity index (χ4v) is 7.46. The summed E-state index contributed by atoms with van der Waals surface area (Å²) in [7, 11) is 0. The van der Waals surface area contributed by atoms with Crippen molar-refractivity contribution in [2.45, 2.75) is 70.9 Å². The largest absolute Gasteiger partial charge is 0.371 e. The summed E-state index contributed by atoms with van der Waals surface area (Å²) >= 11 is 7.08. The molecule has 10 heteroatoms. The molecule has 1 atom stereocenters. The summed E-state index contributed by atoms with van der Waals surface area (Å²) in [6.07, 6.45) is 7.28. The highest BCUT2D eigenvalue weighted by Gasteiger charge is 2.40. The molecule has 1 amide bonds. The number of halogens is 1. The van der Waals surface area contributed by atoms with Crippen LogP contribution in [0.5, 0.6) is 0 Å². The molecule has 4 heterocycles. The maximum absolute atomic E-state index is 14.2. The van der Waals surface area contributed by atoms with E-state index in [1.165, 1.54) is 18.9 Å². The van der Waals surface area contributed by atoms with Crippen LogP contribution in [0, 0.1) is 0 Å². The summed E-state index contributed by atoms with van der Waals surface area (Å²) in [6.45, 7) is 13.5. The minimum absolute atomic E-state index is 0.0716. The maximum atomic E-state index is 14.2. The molecule has 1 aliphatic carbocycles. The molecule has 0 unspecified atom stereocenters. The average molecular weight is 605 g/mol. The van der Waals surface area contributed by atoms with Crippen LogP contribution in [0.2, 0.25) is 5.02 Å². The molecule has 0 radical (unpaired) electrons. The second-order valence-electron chi connectivity index (χ2n) is 12.0. The molecule has 9 nitrogen and oxygen atoms in total. The quantitative estimate of drug-likeness (QED) is 0.369. The lowest BCUT2D eigenvalue weighted by atomic mass is 9.99. The number of amides is 1. The summed E-state index contributed by atoms with van der Waals surface area (Å²) < 4.78 is 8.00. The van der Waals surface area contributed by atoms with E-state index in [0.717, 1.165) is 54.4 Å². The van der Waals surface area contributed by atoms with Crippen LogP contribution in [-0.4, -0.2) is 76.3 Å². The molecule has 2 saturated heterocycles. The van der Waals surface area contributed by atoms with Crippen molar-refractivity contribution in [3.8, 4) is 5.69 Å². The Balaban J connectivity index is 1.55. The van der Waals surface area contributed by atoms with Gasteiger partial charge < -0.3 is 19.4 Å². The first-order valence-electron chi connectivity index (χ1n) is 15.6. The van der Waals surface area contributed by atoms with Crippen LogP contribution in [0.15, 0.2) is 41.7 Å². The summed E-state index contributed by atoms with van der Waals surface area (Å²) in [6, 6.07) is 8.05. The number of hydrogen-bond donors (Lipinski definition) is 0. The zero-order chi connectivity index (χ0) is 30.3. The summed E-state index contributed by atoms with van der Waals surface area (Å²) in [4.78, 5) is 42.6. The highest BCUT2D eigenvalue weighted by molar-refractivity contribution is 6.33. The van der Waals surface area contributed by atoms with E-state index in [1.807, 2.05) is 19.1 Å². The molecule has 0 bridgehead atoms. The Morgan fingerprint density at radius 3 is 2.49 bits per heavy atom. The number of para-hydroxylation sites is 1. The highest BCUT2D eigenvalue weighted by Crippen LogP contribution is 2.40. The minimum Gasteiger partial charge on any atom is -0.371 e. The van der Waals surface area contributed by atoms with Gasteiger partial charge in [0.25, 0.3) is 0 Å². The number of anilines is 2. The molecule has 2 aromatic heterocycles. The van der Waals surface area contributed by atoms with Crippen molar-refractivity contribution in [3.05, 3.63) is 63.6 Å². The van der Waals surface area contributed by atoms with Gasteiger partial charge in [-0.2, -0.15) is 4.98 Å². The Morgan fingerprint density at radius 2 is 1.84 bits per heavy atom. The lowest BCUT2D eigenvalue weighted by molar-refractivity contribution is -0.126. The molecule has 1 aromatic carbocycles. The van der Waals surface area contributed by atoms with Crippen LogP contribution in [0.4, 0.5) is 11.6 Å². The second-order valence-corrected chi connectivity index (χ2v) is 12.4. The zero-order valence-corrected chi connectivity index (χ0v) is 26.2. The van der Waals surface area contributed by atoms with Gasteiger partial charge in [0.05, 0.1) is 28.3 Å². The first-order chi connectivity index (χ1) is 20.8. The van der Waals surface area contributed by atoms with Crippen LogP contribution in [0.1, 0.15) is 57.6 Å². The van der Waals surface area contributed by atoms with E-state index in [0.29, 0.717) is 55.1 Å². The third-order valence-electron chi connectivity index (χ3n) is 9.42. The van der Waals surface area contributed by atoms with Gasteiger partial charge in [-0.15, -0.1) is 0 Å². The zero-order valence-electron chi connectivity index (χ0n) is 25.4. The monoisotopic (exact) mass is 604 g/mol. The number of morpholine rings is 1. The van der Waals surface area contributed by atoms with Gasteiger partial charge in [0, 0.05) is 38.8 Å². The fourth-order valence-electron chi connectivity index (χ4n) is 7.19. The normalized spacial score (nSPS) is 20.3. The third kappa shape index (κ3) is 5.31. The number of carbonyl (C=O) groups excluding carboxylic acids is 1. The molecular formula is C33H41ClN6O3. The van der Waals surface area contributed by atoms with E-state index in [4.69, 9.17) is 26.3 Å². The van der Waals surface area contributed by atoms with Crippen LogP contribution in [0.3, 0.4) is 0 Å². The van der Waals surface area contributed by atoms with Crippen LogP contribution in [0.25, 0.3) is 16.7 Å². The molecule has 1 spiro atoms. The van der Waals surface area contributed by atoms with Crippen molar-refractivity contribution in [2.75, 3.05) is 49.1 Å². The first-order valence-corrected chi connectivity index (χ1v) is 16.0. The number of aromatic nitrogens is 3. The van der Waals surface area contributed by atoms with Crippen molar-refractivity contribution in [2.24, 2.45) is 0 Å². The van der Waals surface area contributed by atoms with Crippen LogP contribution < -0.4 is 15.5 Å². The number of pyridine rings is 1. The van der Waals surface area contributed by atoms with Crippen molar-refractivity contribution < 1.29 is 9.53 Å². The lowest BCUT2D eigenvalue weighted by Crippen LogP contribution is -2.54. The van der Waals surface area contributed by atoms with Crippen molar-refractivity contribution in [1.29, 1.82) is 0 Å². The molecule has 6 rings (SSSR count). The van der Waals surface area contributed by atoms with E-state index in [1.54, 1.807) is 9.47 Å². The summed E-state index contributed by atoms with van der Waals surface area (Å²) in [5.74, 6) is 1.13. The molecule has 43 heavy (non-hydrogen) atoms. The predicted molar refractivity (Wildman–Crippen MR) is 172 cm³/mol. The predicted octanol–water partition coefficient (Wildman–Crippen LogP) is 4.93. The van der Waals surface area contributed by atoms with E-state index in [9.17, 15) is 9.59 Å². The number of aryl methyl sites for hydroxylation is 2. The van der Waals surface area contributed by atoms with Gasteiger partial charge in [-0.1, -0.05) is 63.1 Å². The first kappa shape index (κ1) is 29.6. The van der Waals surface area contributed by atoms with Gasteiger partial charge in [0.1, 0.15) is 11.6 Å². The Bertz CT molecular complexity index is 1590. The smallest absolute Gasteiger partial charge is 0.355 e. The Kier molecular flexibility index (Phi) is 8.22. The van der Waals surface area contributed by atoms with E-state index >= 15 is 0 Å². The third-order valence-corrected chi connectivity index (χ3v) is 9.70. The number of piperazine rings is 1. The Labute approximate surface area is 258 Å². The van der Waals surface area contributed by atoms with Gasteiger partial charge in [-0.05, 0) is 55.9 Å². The number of nitrogens with zero attached hydrogens (tertiary/aromatic N) is 6. The standard InChI is InChI=1S/C33H41ClN6O3/c1-5-23-11-10-12-24(6-2)28(23)40-30-25(29(36-32(40)42)39-16-15-37(20-22(39)4)27(41)7-3)19-26(34)31(35-30)38-17-18-43-33(21-38)13-8-9-14-33/h7,10-12,19,22H,3,5-6,8-9,13-18,20-21H2,1-2,4H3/t22-/m0/s1. The van der Waals surface area contributed by atoms with Gasteiger partial charge in [0.2, 0.25) is 5.91 Å². The van der Waals surface area contributed by atoms with Crippen molar-refractivity contribution in [1.82, 2.24) is 19.4 Å². The Hall–Kier alpha value is -3.43. The average Bonchev–Trinajstić information content (AvgIpc) is 3.46. The van der Waals surface area contributed by atoms with Gasteiger partial charge in [0.15, 0.2) is 5.65 Å². The van der Waals surface area contributed by atoms with Crippen LogP contribution in [-0.2, 0) is 22.4 Å². The number of rotatable bonds is 6. The molecule has 3 aliphatic rings. The maximum Gasteiger partial charge on any atom is 0.355 e. The second kappa shape index (κ2) is 11.9. The number of fused-ring (bicyclic) bond motifs is 1.